The predicted molar refractivity (Wildman–Crippen MR) is 59.1 cm³/mol. The molecule has 0 spiro atoms. The number of hydrogen-bond acceptors (Lipinski definition) is 4. The molecular weight excluding hydrogens is 208 g/mol. The van der Waals surface area contributed by atoms with Crippen LogP contribution in [0.25, 0.3) is 0 Å². The standard InChI is InChI=1S/C10H16N4O2/c1-13-9(8(6-12-13)14(15)16)10(7-11)4-2-3-5-10/h6H,2-5,7,11H2,1H3. The molecule has 6 heteroatoms. The van der Waals surface area contributed by atoms with Gasteiger partial charge in [0.1, 0.15) is 11.9 Å². The Morgan fingerprint density at radius 2 is 2.25 bits per heavy atom. The second-order valence-corrected chi connectivity index (χ2v) is 4.45. The number of rotatable bonds is 3. The Morgan fingerprint density at radius 3 is 2.75 bits per heavy atom. The highest BCUT2D eigenvalue weighted by Crippen LogP contribution is 2.43. The van der Waals surface area contributed by atoms with Crippen molar-refractivity contribution in [1.29, 1.82) is 0 Å². The second kappa shape index (κ2) is 3.86. The van der Waals surface area contributed by atoms with Gasteiger partial charge in [-0.15, -0.1) is 0 Å². The van der Waals surface area contributed by atoms with Crippen LogP contribution in [0.2, 0.25) is 0 Å². The molecular formula is C10H16N4O2. The van der Waals surface area contributed by atoms with E-state index in [4.69, 9.17) is 5.73 Å². The zero-order chi connectivity index (χ0) is 11.8. The lowest BCUT2D eigenvalue weighted by Gasteiger charge is -2.26. The highest BCUT2D eigenvalue weighted by Gasteiger charge is 2.42. The minimum Gasteiger partial charge on any atom is -0.330 e. The highest BCUT2D eigenvalue weighted by atomic mass is 16.6. The van der Waals surface area contributed by atoms with Crippen LogP contribution in [0.4, 0.5) is 5.69 Å². The van der Waals surface area contributed by atoms with Crippen molar-refractivity contribution in [2.24, 2.45) is 12.8 Å². The van der Waals surface area contributed by atoms with Crippen LogP contribution >= 0.6 is 0 Å². The van der Waals surface area contributed by atoms with Crippen molar-refractivity contribution in [1.82, 2.24) is 9.78 Å². The molecule has 0 aromatic carbocycles. The lowest BCUT2D eigenvalue weighted by Crippen LogP contribution is -2.34. The molecule has 0 unspecified atom stereocenters. The summed E-state index contributed by atoms with van der Waals surface area (Å²) in [5.41, 5.74) is 6.39. The first-order valence-electron chi connectivity index (χ1n) is 5.48. The smallest absolute Gasteiger partial charge is 0.310 e. The highest BCUT2D eigenvalue weighted by molar-refractivity contribution is 5.40. The lowest BCUT2D eigenvalue weighted by molar-refractivity contribution is -0.386. The van der Waals surface area contributed by atoms with E-state index in [1.165, 1.54) is 6.20 Å². The molecule has 0 amide bonds. The number of hydrogen-bond donors (Lipinski definition) is 1. The molecule has 1 saturated carbocycles. The fourth-order valence-corrected chi connectivity index (χ4v) is 2.76. The maximum absolute atomic E-state index is 11.0. The molecule has 1 aliphatic carbocycles. The van der Waals surface area contributed by atoms with Crippen molar-refractivity contribution >= 4 is 5.69 Å². The van der Waals surface area contributed by atoms with Crippen LogP contribution in [-0.2, 0) is 12.5 Å². The molecule has 2 rings (SSSR count). The molecule has 1 fully saturated rings. The number of aryl methyl sites for hydroxylation is 1. The Bertz CT molecular complexity index is 407. The molecule has 0 atom stereocenters. The van der Waals surface area contributed by atoms with Crippen LogP contribution in [0.1, 0.15) is 31.4 Å². The van der Waals surface area contributed by atoms with Crippen molar-refractivity contribution in [2.45, 2.75) is 31.1 Å². The maximum Gasteiger partial charge on any atom is 0.310 e. The van der Waals surface area contributed by atoms with Crippen molar-refractivity contribution in [2.75, 3.05) is 6.54 Å². The predicted octanol–water partition coefficient (Wildman–Crippen LogP) is 1.10. The van der Waals surface area contributed by atoms with Crippen molar-refractivity contribution in [3.8, 4) is 0 Å². The third-order valence-electron chi connectivity index (χ3n) is 3.57. The van der Waals surface area contributed by atoms with E-state index in [9.17, 15) is 10.1 Å². The molecule has 2 N–H and O–H groups in total. The number of aromatic nitrogens is 2. The van der Waals surface area contributed by atoms with Gasteiger partial charge < -0.3 is 5.73 Å². The molecule has 0 radical (unpaired) electrons. The van der Waals surface area contributed by atoms with Gasteiger partial charge in [-0.2, -0.15) is 5.10 Å². The van der Waals surface area contributed by atoms with Gasteiger partial charge in [-0.1, -0.05) is 12.8 Å². The van der Waals surface area contributed by atoms with E-state index in [2.05, 4.69) is 5.10 Å². The zero-order valence-corrected chi connectivity index (χ0v) is 9.35. The van der Waals surface area contributed by atoms with Crippen LogP contribution in [0, 0.1) is 10.1 Å². The Morgan fingerprint density at radius 1 is 1.62 bits per heavy atom. The van der Waals surface area contributed by atoms with E-state index in [1.807, 2.05) is 0 Å². The average molecular weight is 224 g/mol. The van der Waals surface area contributed by atoms with Gasteiger partial charge >= 0.3 is 5.69 Å². The SMILES string of the molecule is Cn1ncc([N+](=O)[O-])c1C1(CN)CCCC1. The second-order valence-electron chi connectivity index (χ2n) is 4.45. The van der Waals surface area contributed by atoms with E-state index in [1.54, 1.807) is 11.7 Å². The maximum atomic E-state index is 11.0. The third kappa shape index (κ3) is 1.49. The van der Waals surface area contributed by atoms with Gasteiger partial charge in [0, 0.05) is 19.0 Å². The van der Waals surface area contributed by atoms with Gasteiger partial charge in [0.15, 0.2) is 0 Å². The lowest BCUT2D eigenvalue weighted by atomic mass is 9.82. The fourth-order valence-electron chi connectivity index (χ4n) is 2.76. The van der Waals surface area contributed by atoms with Crippen LogP contribution in [0.3, 0.4) is 0 Å². The van der Waals surface area contributed by atoms with Gasteiger partial charge in [-0.3, -0.25) is 14.8 Å². The quantitative estimate of drug-likeness (QED) is 0.615. The van der Waals surface area contributed by atoms with Crippen LogP contribution in [-0.4, -0.2) is 21.2 Å². The van der Waals surface area contributed by atoms with Gasteiger partial charge in [-0.25, -0.2) is 0 Å². The Balaban J connectivity index is 2.52. The van der Waals surface area contributed by atoms with E-state index < -0.39 is 0 Å². The minimum absolute atomic E-state index is 0.106. The summed E-state index contributed by atoms with van der Waals surface area (Å²) in [7, 11) is 1.75. The number of nitrogens with two attached hydrogens (primary N) is 1. The molecule has 1 aromatic heterocycles. The summed E-state index contributed by atoms with van der Waals surface area (Å²) in [6.07, 6.45) is 5.33. The monoisotopic (exact) mass is 224 g/mol. The van der Waals surface area contributed by atoms with Gasteiger partial charge in [-0.05, 0) is 12.8 Å². The Hall–Kier alpha value is -1.43. The van der Waals surface area contributed by atoms with E-state index in [-0.39, 0.29) is 16.0 Å². The first-order chi connectivity index (χ1) is 7.60. The van der Waals surface area contributed by atoms with Gasteiger partial charge in [0.05, 0.1) is 4.92 Å². The van der Waals surface area contributed by atoms with Crippen molar-refractivity contribution in [3.63, 3.8) is 0 Å². The zero-order valence-electron chi connectivity index (χ0n) is 9.35. The normalized spacial score (nSPS) is 18.9. The number of nitro groups is 1. The minimum atomic E-state index is -0.363. The van der Waals surface area contributed by atoms with Gasteiger partial charge in [0.25, 0.3) is 0 Å². The number of nitrogens with zero attached hydrogens (tertiary/aromatic N) is 3. The largest absolute Gasteiger partial charge is 0.330 e. The molecule has 88 valence electrons. The van der Waals surface area contributed by atoms with Crippen molar-refractivity contribution < 1.29 is 4.92 Å². The summed E-state index contributed by atoms with van der Waals surface area (Å²) in [6, 6.07) is 0. The van der Waals surface area contributed by atoms with E-state index >= 15 is 0 Å². The molecule has 1 heterocycles. The topological polar surface area (TPSA) is 87.0 Å². The summed E-state index contributed by atoms with van der Waals surface area (Å²) < 4.78 is 1.61. The summed E-state index contributed by atoms with van der Waals surface area (Å²) in [5, 5.41) is 15.0. The molecule has 1 aliphatic rings. The van der Waals surface area contributed by atoms with E-state index in [0.29, 0.717) is 12.2 Å². The fraction of sp³-hybridized carbons (Fsp3) is 0.700. The van der Waals surface area contributed by atoms with Crippen LogP contribution in [0.15, 0.2) is 6.20 Å². The summed E-state index contributed by atoms with van der Waals surface area (Å²) in [4.78, 5) is 10.6. The van der Waals surface area contributed by atoms with Crippen LogP contribution in [0.5, 0.6) is 0 Å². The van der Waals surface area contributed by atoms with Gasteiger partial charge in [0.2, 0.25) is 0 Å². The van der Waals surface area contributed by atoms with Crippen molar-refractivity contribution in [3.05, 3.63) is 22.0 Å². The summed E-state index contributed by atoms with van der Waals surface area (Å²) in [6.45, 7) is 0.452. The average Bonchev–Trinajstić information content (AvgIpc) is 2.84. The molecule has 6 nitrogen and oxygen atoms in total. The molecule has 1 aromatic rings. The van der Waals surface area contributed by atoms with E-state index in [0.717, 1.165) is 25.7 Å². The third-order valence-corrected chi connectivity index (χ3v) is 3.57. The summed E-state index contributed by atoms with van der Waals surface area (Å²) >= 11 is 0. The molecule has 0 aliphatic heterocycles. The van der Waals surface area contributed by atoms with Crippen LogP contribution < -0.4 is 5.73 Å². The first-order valence-corrected chi connectivity index (χ1v) is 5.48. The Labute approximate surface area is 93.6 Å². The molecule has 0 saturated heterocycles. The molecule has 0 bridgehead atoms. The summed E-state index contributed by atoms with van der Waals surface area (Å²) in [5.74, 6) is 0. The Kier molecular flexibility index (Phi) is 2.67. The first kappa shape index (κ1) is 11.1. The molecule has 16 heavy (non-hydrogen) atoms.